The predicted octanol–water partition coefficient (Wildman–Crippen LogP) is 1.69. The Labute approximate surface area is 158 Å². The predicted molar refractivity (Wildman–Crippen MR) is 103 cm³/mol. The highest BCUT2D eigenvalue weighted by molar-refractivity contribution is 5.94. The summed E-state index contributed by atoms with van der Waals surface area (Å²) in [5.41, 5.74) is 1.43. The number of nitrogens with zero attached hydrogens (tertiary/aromatic N) is 3. The van der Waals surface area contributed by atoms with Crippen molar-refractivity contribution in [3.8, 4) is 5.75 Å². The van der Waals surface area contributed by atoms with E-state index in [-0.39, 0.29) is 11.8 Å². The van der Waals surface area contributed by atoms with Gasteiger partial charge in [-0.05, 0) is 18.2 Å². The Morgan fingerprint density at radius 3 is 2.48 bits per heavy atom. The number of hydrogen-bond acceptors (Lipinski definition) is 5. The Balaban J connectivity index is 1.57. The van der Waals surface area contributed by atoms with Crippen molar-refractivity contribution in [1.29, 1.82) is 0 Å². The molecule has 0 spiro atoms. The molecule has 7 nitrogen and oxygen atoms in total. The molecule has 0 aliphatic carbocycles. The van der Waals surface area contributed by atoms with Crippen molar-refractivity contribution < 1.29 is 14.3 Å². The number of nitrogens with one attached hydrogen (secondary N) is 1. The molecule has 1 saturated heterocycles. The van der Waals surface area contributed by atoms with Crippen molar-refractivity contribution in [2.45, 2.75) is 13.5 Å². The maximum atomic E-state index is 12.4. The number of aromatic nitrogens is 1. The van der Waals surface area contributed by atoms with Crippen LogP contribution in [0.5, 0.6) is 5.75 Å². The Hall–Kier alpha value is -3.09. The Morgan fingerprint density at radius 2 is 1.85 bits per heavy atom. The first-order valence-electron chi connectivity index (χ1n) is 8.95. The van der Waals surface area contributed by atoms with E-state index < -0.39 is 0 Å². The molecular formula is C20H24N4O3. The van der Waals surface area contributed by atoms with Gasteiger partial charge in [0.15, 0.2) is 0 Å². The largest absolute Gasteiger partial charge is 0.496 e. The summed E-state index contributed by atoms with van der Waals surface area (Å²) in [5.74, 6) is 1.49. The summed E-state index contributed by atoms with van der Waals surface area (Å²) in [5, 5.41) is 2.89. The monoisotopic (exact) mass is 368 g/mol. The lowest BCUT2D eigenvalue weighted by atomic mass is 10.2. The van der Waals surface area contributed by atoms with Crippen LogP contribution in [0, 0.1) is 0 Å². The Bertz CT molecular complexity index is 799. The molecule has 1 fully saturated rings. The lowest BCUT2D eigenvalue weighted by Gasteiger charge is -2.34. The Kier molecular flexibility index (Phi) is 5.90. The van der Waals surface area contributed by atoms with Crippen molar-refractivity contribution in [3.63, 3.8) is 0 Å². The van der Waals surface area contributed by atoms with Crippen LogP contribution in [0.2, 0.25) is 0 Å². The fourth-order valence-electron chi connectivity index (χ4n) is 3.08. The number of rotatable bonds is 5. The van der Waals surface area contributed by atoms with Crippen LogP contribution in [0.1, 0.15) is 22.8 Å². The van der Waals surface area contributed by atoms with Gasteiger partial charge < -0.3 is 19.9 Å². The zero-order valence-corrected chi connectivity index (χ0v) is 15.6. The standard InChI is InChI=1S/C20H24N4O3/c1-15(25)23-9-11-24(12-10-23)19-8-7-17(14-21-19)20(26)22-13-16-5-3-4-6-18(16)27-2/h3-8,14H,9-13H2,1-2H3,(H,22,26). The van der Waals surface area contributed by atoms with Crippen molar-refractivity contribution in [1.82, 2.24) is 15.2 Å². The molecule has 142 valence electrons. The molecule has 3 rings (SSSR count). The quantitative estimate of drug-likeness (QED) is 0.869. The normalized spacial score (nSPS) is 14.0. The summed E-state index contributed by atoms with van der Waals surface area (Å²) in [7, 11) is 1.61. The number of anilines is 1. The van der Waals surface area contributed by atoms with Crippen LogP contribution in [0.15, 0.2) is 42.6 Å². The van der Waals surface area contributed by atoms with Gasteiger partial charge in [0.1, 0.15) is 11.6 Å². The molecule has 0 atom stereocenters. The number of amides is 2. The summed E-state index contributed by atoms with van der Waals surface area (Å²) < 4.78 is 5.29. The van der Waals surface area contributed by atoms with E-state index in [1.54, 1.807) is 26.3 Å². The van der Waals surface area contributed by atoms with Crippen LogP contribution < -0.4 is 15.0 Å². The fraction of sp³-hybridized carbons (Fsp3) is 0.350. The molecule has 1 aliphatic heterocycles. The van der Waals surface area contributed by atoms with Gasteiger partial charge >= 0.3 is 0 Å². The SMILES string of the molecule is COc1ccccc1CNC(=O)c1ccc(N2CCN(C(C)=O)CC2)nc1. The molecule has 0 bridgehead atoms. The van der Waals surface area contributed by atoms with E-state index in [0.29, 0.717) is 25.2 Å². The second-order valence-electron chi connectivity index (χ2n) is 6.39. The molecule has 7 heteroatoms. The summed E-state index contributed by atoms with van der Waals surface area (Å²) in [6.45, 7) is 4.85. The summed E-state index contributed by atoms with van der Waals surface area (Å²) >= 11 is 0. The lowest BCUT2D eigenvalue weighted by Crippen LogP contribution is -2.48. The van der Waals surface area contributed by atoms with Crippen molar-refractivity contribution in [2.75, 3.05) is 38.2 Å². The topological polar surface area (TPSA) is 74.8 Å². The Morgan fingerprint density at radius 1 is 1.11 bits per heavy atom. The van der Waals surface area contributed by atoms with E-state index >= 15 is 0 Å². The molecule has 27 heavy (non-hydrogen) atoms. The van der Waals surface area contributed by atoms with Crippen molar-refractivity contribution in [3.05, 3.63) is 53.7 Å². The molecule has 2 heterocycles. The maximum absolute atomic E-state index is 12.4. The fourth-order valence-corrected chi connectivity index (χ4v) is 3.08. The third-order valence-electron chi connectivity index (χ3n) is 4.69. The summed E-state index contributed by atoms with van der Waals surface area (Å²) in [6, 6.07) is 11.2. The van der Waals surface area contributed by atoms with Crippen molar-refractivity contribution in [2.24, 2.45) is 0 Å². The maximum Gasteiger partial charge on any atom is 0.253 e. The van der Waals surface area contributed by atoms with Crippen LogP contribution in [-0.4, -0.2) is 55.0 Å². The molecule has 0 saturated carbocycles. The molecule has 2 amide bonds. The van der Waals surface area contributed by atoms with Crippen LogP contribution in [0.4, 0.5) is 5.82 Å². The summed E-state index contributed by atoms with van der Waals surface area (Å²) in [4.78, 5) is 32.1. The van der Waals surface area contributed by atoms with Gasteiger partial charge in [0.25, 0.3) is 5.91 Å². The number of carbonyl (C=O) groups excluding carboxylic acids is 2. The second-order valence-corrected chi connectivity index (χ2v) is 6.39. The van der Waals surface area contributed by atoms with Crippen LogP contribution >= 0.6 is 0 Å². The minimum absolute atomic E-state index is 0.102. The molecule has 0 radical (unpaired) electrons. The van der Waals surface area contributed by atoms with E-state index in [1.165, 1.54) is 0 Å². The first kappa shape index (κ1) is 18.7. The number of pyridine rings is 1. The van der Waals surface area contributed by atoms with Gasteiger partial charge in [0.2, 0.25) is 5.91 Å². The molecule has 2 aromatic rings. The van der Waals surface area contributed by atoms with Gasteiger partial charge in [-0.1, -0.05) is 18.2 Å². The van der Waals surface area contributed by atoms with E-state index in [0.717, 1.165) is 30.2 Å². The van der Waals surface area contributed by atoms with E-state index in [2.05, 4.69) is 15.2 Å². The average molecular weight is 368 g/mol. The van der Waals surface area contributed by atoms with Crippen LogP contribution in [0.3, 0.4) is 0 Å². The number of methoxy groups -OCH3 is 1. The molecular weight excluding hydrogens is 344 g/mol. The number of benzene rings is 1. The first-order chi connectivity index (χ1) is 13.1. The minimum atomic E-state index is -0.179. The van der Waals surface area contributed by atoms with Crippen molar-refractivity contribution >= 4 is 17.6 Å². The molecule has 1 N–H and O–H groups in total. The molecule has 1 aromatic heterocycles. The van der Waals surface area contributed by atoms with Crippen LogP contribution in [0.25, 0.3) is 0 Å². The number of ether oxygens (including phenoxy) is 1. The highest BCUT2D eigenvalue weighted by Gasteiger charge is 2.19. The number of piperazine rings is 1. The van der Waals surface area contributed by atoms with E-state index in [1.807, 2.05) is 35.2 Å². The van der Waals surface area contributed by atoms with Gasteiger partial charge in [-0.15, -0.1) is 0 Å². The number of para-hydroxylation sites is 1. The molecule has 1 aromatic carbocycles. The van der Waals surface area contributed by atoms with E-state index in [9.17, 15) is 9.59 Å². The minimum Gasteiger partial charge on any atom is -0.496 e. The van der Waals surface area contributed by atoms with Gasteiger partial charge in [0.05, 0.1) is 12.7 Å². The third-order valence-corrected chi connectivity index (χ3v) is 4.69. The second kappa shape index (κ2) is 8.53. The molecule has 1 aliphatic rings. The smallest absolute Gasteiger partial charge is 0.253 e. The third kappa shape index (κ3) is 4.55. The zero-order valence-electron chi connectivity index (χ0n) is 15.6. The summed E-state index contributed by atoms with van der Waals surface area (Å²) in [6.07, 6.45) is 1.59. The lowest BCUT2D eigenvalue weighted by molar-refractivity contribution is -0.129. The highest BCUT2D eigenvalue weighted by Crippen LogP contribution is 2.17. The van der Waals surface area contributed by atoms with Gasteiger partial charge in [-0.2, -0.15) is 0 Å². The van der Waals surface area contributed by atoms with Gasteiger partial charge in [0, 0.05) is 51.4 Å². The number of carbonyl (C=O) groups is 2. The van der Waals surface area contributed by atoms with E-state index in [4.69, 9.17) is 4.74 Å². The molecule has 0 unspecified atom stereocenters. The highest BCUT2D eigenvalue weighted by atomic mass is 16.5. The van der Waals surface area contributed by atoms with Crippen LogP contribution in [-0.2, 0) is 11.3 Å². The van der Waals surface area contributed by atoms with Gasteiger partial charge in [-0.3, -0.25) is 9.59 Å². The first-order valence-corrected chi connectivity index (χ1v) is 8.95. The van der Waals surface area contributed by atoms with Gasteiger partial charge in [-0.25, -0.2) is 4.98 Å². The zero-order chi connectivity index (χ0) is 19.2. The number of hydrogen-bond donors (Lipinski definition) is 1. The average Bonchev–Trinajstić information content (AvgIpc) is 2.72.